The Labute approximate surface area is 118 Å². The van der Waals surface area contributed by atoms with E-state index in [-0.39, 0.29) is 5.97 Å². The molecule has 0 amide bonds. The van der Waals surface area contributed by atoms with Crippen LogP contribution < -0.4 is 0 Å². The van der Waals surface area contributed by atoms with Gasteiger partial charge in [-0.3, -0.25) is 4.79 Å². The van der Waals surface area contributed by atoms with Gasteiger partial charge in [-0.1, -0.05) is 60.7 Å². The summed E-state index contributed by atoms with van der Waals surface area (Å²) in [5, 5.41) is 10.3. The Bertz CT molecular complexity index is 537. The SMILES string of the molecule is CC(=O)O[C@@H](C[C@H](O)c1ccccc1)c1ccccc1. The number of rotatable bonds is 5. The Kier molecular flexibility index (Phi) is 4.91. The number of benzene rings is 2. The van der Waals surface area contributed by atoms with Crippen LogP contribution in [0, 0.1) is 0 Å². The van der Waals surface area contributed by atoms with Crippen LogP contribution in [-0.2, 0) is 9.53 Å². The molecule has 2 aromatic carbocycles. The number of aliphatic hydroxyl groups excluding tert-OH is 1. The van der Waals surface area contributed by atoms with Crippen molar-refractivity contribution in [2.24, 2.45) is 0 Å². The van der Waals surface area contributed by atoms with Crippen LogP contribution in [-0.4, -0.2) is 11.1 Å². The highest BCUT2D eigenvalue weighted by Crippen LogP contribution is 2.29. The average molecular weight is 270 g/mol. The van der Waals surface area contributed by atoms with Crippen molar-refractivity contribution in [3.63, 3.8) is 0 Å². The van der Waals surface area contributed by atoms with Gasteiger partial charge in [0.1, 0.15) is 6.10 Å². The van der Waals surface area contributed by atoms with Crippen molar-refractivity contribution in [3.05, 3.63) is 71.8 Å². The summed E-state index contributed by atoms with van der Waals surface area (Å²) >= 11 is 0. The van der Waals surface area contributed by atoms with Crippen LogP contribution in [0.1, 0.15) is 36.7 Å². The van der Waals surface area contributed by atoms with Gasteiger partial charge in [0.2, 0.25) is 0 Å². The zero-order valence-electron chi connectivity index (χ0n) is 11.4. The number of hydrogen-bond donors (Lipinski definition) is 1. The van der Waals surface area contributed by atoms with Crippen LogP contribution in [0.15, 0.2) is 60.7 Å². The lowest BCUT2D eigenvalue weighted by Crippen LogP contribution is -2.12. The first-order chi connectivity index (χ1) is 9.66. The smallest absolute Gasteiger partial charge is 0.303 e. The summed E-state index contributed by atoms with van der Waals surface area (Å²) in [6, 6.07) is 18.8. The van der Waals surface area contributed by atoms with Crippen molar-refractivity contribution in [3.8, 4) is 0 Å². The Hall–Kier alpha value is -2.13. The van der Waals surface area contributed by atoms with Gasteiger partial charge in [-0.2, -0.15) is 0 Å². The molecule has 0 saturated carbocycles. The second-order valence-electron chi connectivity index (χ2n) is 4.67. The molecule has 2 rings (SSSR count). The van der Waals surface area contributed by atoms with Crippen molar-refractivity contribution in [1.82, 2.24) is 0 Å². The van der Waals surface area contributed by atoms with Crippen molar-refractivity contribution >= 4 is 5.97 Å². The largest absolute Gasteiger partial charge is 0.458 e. The van der Waals surface area contributed by atoms with Gasteiger partial charge in [0.05, 0.1) is 6.10 Å². The molecule has 1 N–H and O–H groups in total. The van der Waals surface area contributed by atoms with E-state index in [1.807, 2.05) is 60.7 Å². The second-order valence-corrected chi connectivity index (χ2v) is 4.67. The van der Waals surface area contributed by atoms with E-state index < -0.39 is 12.2 Å². The number of carbonyl (C=O) groups excluding carboxylic acids is 1. The van der Waals surface area contributed by atoms with E-state index in [4.69, 9.17) is 4.74 Å². The Morgan fingerprint density at radius 2 is 1.50 bits per heavy atom. The maximum Gasteiger partial charge on any atom is 0.303 e. The van der Waals surface area contributed by atoms with Gasteiger partial charge in [-0.25, -0.2) is 0 Å². The Morgan fingerprint density at radius 3 is 2.00 bits per heavy atom. The number of hydrogen-bond acceptors (Lipinski definition) is 3. The predicted molar refractivity (Wildman–Crippen MR) is 77.0 cm³/mol. The summed E-state index contributed by atoms with van der Waals surface area (Å²) < 4.78 is 5.33. The monoisotopic (exact) mass is 270 g/mol. The minimum absolute atomic E-state index is 0.341. The molecule has 0 radical (unpaired) electrons. The Morgan fingerprint density at radius 1 is 1.00 bits per heavy atom. The molecular weight excluding hydrogens is 252 g/mol. The molecule has 0 aromatic heterocycles. The molecule has 0 aliphatic rings. The van der Waals surface area contributed by atoms with Gasteiger partial charge in [0.15, 0.2) is 0 Å². The third-order valence-corrected chi connectivity index (χ3v) is 3.10. The highest BCUT2D eigenvalue weighted by atomic mass is 16.5. The summed E-state index contributed by atoms with van der Waals surface area (Å²) in [7, 11) is 0. The lowest BCUT2D eigenvalue weighted by atomic mass is 9.99. The fourth-order valence-electron chi connectivity index (χ4n) is 2.13. The van der Waals surface area contributed by atoms with E-state index in [9.17, 15) is 9.90 Å². The number of carbonyl (C=O) groups is 1. The molecule has 0 saturated heterocycles. The van der Waals surface area contributed by atoms with Crippen molar-refractivity contribution in [1.29, 1.82) is 0 Å². The summed E-state index contributed by atoms with van der Waals surface area (Å²) in [5.74, 6) is -0.348. The number of aliphatic hydroxyl groups is 1. The molecule has 0 aliphatic carbocycles. The number of ether oxygens (including phenoxy) is 1. The molecule has 0 heterocycles. The zero-order valence-corrected chi connectivity index (χ0v) is 11.4. The van der Waals surface area contributed by atoms with Crippen molar-refractivity contribution in [2.45, 2.75) is 25.6 Å². The topological polar surface area (TPSA) is 46.5 Å². The fraction of sp³-hybridized carbons (Fsp3) is 0.235. The predicted octanol–water partition coefficient (Wildman–Crippen LogP) is 3.41. The molecule has 3 nitrogen and oxygen atoms in total. The van der Waals surface area contributed by atoms with Gasteiger partial charge in [-0.15, -0.1) is 0 Å². The van der Waals surface area contributed by atoms with Gasteiger partial charge >= 0.3 is 5.97 Å². The van der Waals surface area contributed by atoms with E-state index >= 15 is 0 Å². The third kappa shape index (κ3) is 3.93. The van der Waals surface area contributed by atoms with Gasteiger partial charge in [0.25, 0.3) is 0 Å². The lowest BCUT2D eigenvalue weighted by Gasteiger charge is -2.21. The third-order valence-electron chi connectivity index (χ3n) is 3.10. The maximum atomic E-state index is 11.2. The summed E-state index contributed by atoms with van der Waals surface area (Å²) in [5.41, 5.74) is 1.71. The molecule has 0 spiro atoms. The van der Waals surface area contributed by atoms with Crippen LogP contribution in [0.5, 0.6) is 0 Å². The molecule has 0 unspecified atom stereocenters. The lowest BCUT2D eigenvalue weighted by molar-refractivity contribution is -0.148. The van der Waals surface area contributed by atoms with E-state index in [0.717, 1.165) is 11.1 Å². The van der Waals surface area contributed by atoms with E-state index in [0.29, 0.717) is 6.42 Å². The highest BCUT2D eigenvalue weighted by Gasteiger charge is 2.20. The first kappa shape index (κ1) is 14.3. The summed E-state index contributed by atoms with van der Waals surface area (Å²) in [6.07, 6.45) is -0.766. The molecule has 0 aliphatic heterocycles. The maximum absolute atomic E-state index is 11.2. The van der Waals surface area contributed by atoms with Gasteiger partial charge < -0.3 is 9.84 Å². The second kappa shape index (κ2) is 6.87. The average Bonchev–Trinajstić information content (AvgIpc) is 2.48. The Balaban J connectivity index is 2.14. The normalized spacial score (nSPS) is 13.5. The van der Waals surface area contributed by atoms with Crippen molar-refractivity contribution in [2.75, 3.05) is 0 Å². The minimum Gasteiger partial charge on any atom is -0.458 e. The van der Waals surface area contributed by atoms with Crippen LogP contribution in [0.3, 0.4) is 0 Å². The minimum atomic E-state index is -0.666. The zero-order chi connectivity index (χ0) is 14.4. The molecule has 2 aromatic rings. The van der Waals surface area contributed by atoms with Gasteiger partial charge in [0, 0.05) is 13.3 Å². The highest BCUT2D eigenvalue weighted by molar-refractivity contribution is 5.66. The van der Waals surface area contributed by atoms with Crippen LogP contribution in [0.25, 0.3) is 0 Å². The first-order valence-corrected chi connectivity index (χ1v) is 6.62. The van der Waals surface area contributed by atoms with Crippen molar-refractivity contribution < 1.29 is 14.6 Å². The van der Waals surface area contributed by atoms with Crippen LogP contribution in [0.2, 0.25) is 0 Å². The quantitative estimate of drug-likeness (QED) is 0.847. The molecule has 20 heavy (non-hydrogen) atoms. The van der Waals surface area contributed by atoms with E-state index in [1.165, 1.54) is 6.92 Å². The summed E-state index contributed by atoms with van der Waals surface area (Å²) in [6.45, 7) is 1.38. The van der Waals surface area contributed by atoms with Crippen LogP contribution >= 0.6 is 0 Å². The van der Waals surface area contributed by atoms with E-state index in [1.54, 1.807) is 0 Å². The van der Waals surface area contributed by atoms with Gasteiger partial charge in [-0.05, 0) is 11.1 Å². The molecule has 0 bridgehead atoms. The molecule has 0 fully saturated rings. The molecular formula is C17H18O3. The fourth-order valence-corrected chi connectivity index (χ4v) is 2.13. The first-order valence-electron chi connectivity index (χ1n) is 6.62. The molecule has 2 atom stereocenters. The number of esters is 1. The van der Waals surface area contributed by atoms with E-state index in [2.05, 4.69) is 0 Å². The standard InChI is InChI=1S/C17H18O3/c1-13(18)20-17(15-10-6-3-7-11-15)12-16(19)14-8-4-2-5-9-14/h2-11,16-17,19H,12H2,1H3/t16-,17-/m0/s1. The molecule has 3 heteroatoms. The van der Waals surface area contributed by atoms with Crippen LogP contribution in [0.4, 0.5) is 0 Å². The molecule has 104 valence electrons. The summed E-state index contributed by atoms with van der Waals surface area (Å²) in [4.78, 5) is 11.2.